The van der Waals surface area contributed by atoms with Gasteiger partial charge in [-0.1, -0.05) is 95.5 Å². The summed E-state index contributed by atoms with van der Waals surface area (Å²) < 4.78 is 0. The molecule has 0 atom stereocenters. The van der Waals surface area contributed by atoms with Crippen molar-refractivity contribution in [3.8, 4) is 11.1 Å². The molecule has 0 unspecified atom stereocenters. The summed E-state index contributed by atoms with van der Waals surface area (Å²) in [5, 5.41) is 0. The van der Waals surface area contributed by atoms with Crippen LogP contribution in [0.4, 0.5) is 0 Å². The van der Waals surface area contributed by atoms with Crippen LogP contribution in [-0.2, 0) is 12.9 Å². The maximum Gasteiger partial charge on any atom is 0.263 e. The van der Waals surface area contributed by atoms with E-state index in [1.165, 1.54) is 82.2 Å². The quantitative estimate of drug-likeness (QED) is 0.391. The van der Waals surface area contributed by atoms with Gasteiger partial charge in [-0.25, -0.2) is 0 Å². The molecule has 3 aromatic rings. The lowest BCUT2D eigenvalue weighted by atomic mass is 9.46. The van der Waals surface area contributed by atoms with Crippen molar-refractivity contribution in [2.45, 2.75) is 85.6 Å². The van der Waals surface area contributed by atoms with E-state index in [0.717, 1.165) is 12.9 Å². The maximum atomic E-state index is 2.91. The SMILES string of the molecule is Cc1cc(C)c(B2Cc3cc(C)cc(C)c3-c3ccccc3CN2C2CCCCC2)c(C)c1. The van der Waals surface area contributed by atoms with Gasteiger partial charge in [0.05, 0.1) is 0 Å². The van der Waals surface area contributed by atoms with Gasteiger partial charge in [0.1, 0.15) is 0 Å². The number of aryl methyl sites for hydroxylation is 5. The van der Waals surface area contributed by atoms with Crippen LogP contribution in [0.5, 0.6) is 0 Å². The highest BCUT2D eigenvalue weighted by Crippen LogP contribution is 2.37. The van der Waals surface area contributed by atoms with Crippen LogP contribution in [0, 0.1) is 34.6 Å². The van der Waals surface area contributed by atoms with E-state index < -0.39 is 0 Å². The molecule has 0 N–H and O–H groups in total. The molecule has 0 spiro atoms. The van der Waals surface area contributed by atoms with E-state index in [4.69, 9.17) is 0 Å². The second kappa shape index (κ2) is 9.14. The van der Waals surface area contributed by atoms with Crippen LogP contribution in [-0.4, -0.2) is 17.7 Å². The topological polar surface area (TPSA) is 3.24 Å². The summed E-state index contributed by atoms with van der Waals surface area (Å²) in [6.45, 7) is 12.9. The Kier molecular flexibility index (Phi) is 6.23. The van der Waals surface area contributed by atoms with Gasteiger partial charge in [-0.05, 0) is 87.6 Å². The molecule has 1 aliphatic heterocycles. The van der Waals surface area contributed by atoms with Crippen molar-refractivity contribution in [3.63, 3.8) is 0 Å². The first-order valence-corrected chi connectivity index (χ1v) is 12.9. The van der Waals surface area contributed by atoms with E-state index in [9.17, 15) is 0 Å². The zero-order valence-electron chi connectivity index (χ0n) is 21.2. The van der Waals surface area contributed by atoms with E-state index in [2.05, 4.69) is 88.0 Å². The fraction of sp³-hybridized carbons (Fsp3) is 0.419. The monoisotopic (exact) mass is 435 g/mol. The van der Waals surface area contributed by atoms with Crippen molar-refractivity contribution in [2.24, 2.45) is 0 Å². The van der Waals surface area contributed by atoms with Crippen molar-refractivity contribution in [1.82, 2.24) is 4.81 Å². The largest absolute Gasteiger partial charge is 0.331 e. The second-order valence-corrected chi connectivity index (χ2v) is 10.8. The van der Waals surface area contributed by atoms with Crippen LogP contribution in [0.15, 0.2) is 48.5 Å². The molecule has 2 heteroatoms. The molecule has 1 nitrogen and oxygen atoms in total. The van der Waals surface area contributed by atoms with Gasteiger partial charge in [0.15, 0.2) is 0 Å². The normalized spacial score (nSPS) is 17.3. The average molecular weight is 435 g/mol. The predicted octanol–water partition coefficient (Wildman–Crippen LogP) is 7.02. The third kappa shape index (κ3) is 4.31. The number of rotatable bonds is 2. The van der Waals surface area contributed by atoms with E-state index >= 15 is 0 Å². The van der Waals surface area contributed by atoms with Crippen LogP contribution in [0.25, 0.3) is 11.1 Å². The Hall–Kier alpha value is -2.32. The van der Waals surface area contributed by atoms with Gasteiger partial charge in [0, 0.05) is 6.54 Å². The van der Waals surface area contributed by atoms with Gasteiger partial charge in [-0.3, -0.25) is 0 Å². The maximum absolute atomic E-state index is 2.91. The van der Waals surface area contributed by atoms with Crippen molar-refractivity contribution in [2.75, 3.05) is 0 Å². The lowest BCUT2D eigenvalue weighted by Crippen LogP contribution is -2.56. The van der Waals surface area contributed by atoms with Gasteiger partial charge < -0.3 is 4.81 Å². The Bertz CT molecular complexity index is 1150. The molecule has 3 aromatic carbocycles. The third-order valence-corrected chi connectivity index (χ3v) is 8.13. The van der Waals surface area contributed by atoms with E-state index in [1.807, 2.05) is 0 Å². The Balaban J connectivity index is 1.74. The standard InChI is InChI=1S/C31H38BN/c1-21-16-24(4)31(25(5)17-21)32-19-27-18-22(2)15-23(3)30(27)29-14-10-9-11-26(29)20-33(32)28-12-7-6-8-13-28/h9-11,14-18,28H,6-8,12-13,19-20H2,1-5H3. The molecule has 1 fully saturated rings. The molecule has 1 aliphatic carbocycles. The number of fused-ring (bicyclic) bond motifs is 3. The molecule has 5 rings (SSSR count). The first kappa shape index (κ1) is 22.5. The minimum Gasteiger partial charge on any atom is -0.331 e. The molecule has 170 valence electrons. The molecule has 0 saturated heterocycles. The number of hydrogen-bond acceptors (Lipinski definition) is 1. The van der Waals surface area contributed by atoms with Crippen molar-refractivity contribution < 1.29 is 0 Å². The highest BCUT2D eigenvalue weighted by molar-refractivity contribution is 6.71. The Morgan fingerprint density at radius 3 is 2.09 bits per heavy atom. The summed E-state index contributed by atoms with van der Waals surface area (Å²) in [6.07, 6.45) is 7.90. The Labute approximate surface area is 201 Å². The molecule has 0 amide bonds. The smallest absolute Gasteiger partial charge is 0.263 e. The third-order valence-electron chi connectivity index (χ3n) is 8.13. The Morgan fingerprint density at radius 2 is 1.36 bits per heavy atom. The minimum absolute atomic E-state index is 0.419. The van der Waals surface area contributed by atoms with Gasteiger partial charge in [0.25, 0.3) is 6.85 Å². The summed E-state index contributed by atoms with van der Waals surface area (Å²) >= 11 is 0. The highest BCUT2D eigenvalue weighted by Gasteiger charge is 2.36. The molecular weight excluding hydrogens is 397 g/mol. The van der Waals surface area contributed by atoms with Crippen LogP contribution in [0.1, 0.15) is 71.0 Å². The first-order chi connectivity index (χ1) is 15.9. The molecule has 0 aromatic heterocycles. The number of hydrogen-bond donors (Lipinski definition) is 0. The summed E-state index contributed by atoms with van der Waals surface area (Å²) in [5.74, 6) is 0. The van der Waals surface area contributed by atoms with Crippen LogP contribution in [0.2, 0.25) is 0 Å². The molecule has 0 radical (unpaired) electrons. The van der Waals surface area contributed by atoms with E-state index in [0.29, 0.717) is 12.9 Å². The lowest BCUT2D eigenvalue weighted by molar-refractivity contribution is 0.246. The minimum atomic E-state index is 0.419. The van der Waals surface area contributed by atoms with Crippen LogP contribution in [0.3, 0.4) is 0 Å². The zero-order valence-corrected chi connectivity index (χ0v) is 21.2. The molecular formula is C31H38BN. The molecule has 1 heterocycles. The Morgan fingerprint density at radius 1 is 0.727 bits per heavy atom. The fourth-order valence-corrected chi connectivity index (χ4v) is 6.92. The van der Waals surface area contributed by atoms with Gasteiger partial charge >= 0.3 is 0 Å². The molecule has 2 aliphatic rings. The van der Waals surface area contributed by atoms with E-state index in [1.54, 1.807) is 5.46 Å². The van der Waals surface area contributed by atoms with Crippen LogP contribution < -0.4 is 5.46 Å². The van der Waals surface area contributed by atoms with Crippen LogP contribution >= 0.6 is 0 Å². The fourth-order valence-electron chi connectivity index (χ4n) is 6.92. The molecule has 1 saturated carbocycles. The summed E-state index contributed by atoms with van der Waals surface area (Å²) in [7, 11) is 0. The second-order valence-electron chi connectivity index (χ2n) is 10.8. The summed E-state index contributed by atoms with van der Waals surface area (Å²) in [4.78, 5) is 2.91. The van der Waals surface area contributed by atoms with Crippen molar-refractivity contribution in [1.29, 1.82) is 0 Å². The average Bonchev–Trinajstić information content (AvgIpc) is 2.76. The highest BCUT2D eigenvalue weighted by atomic mass is 15.1. The van der Waals surface area contributed by atoms with Crippen molar-refractivity contribution in [3.05, 3.63) is 87.5 Å². The summed E-state index contributed by atoms with van der Waals surface area (Å²) in [5.41, 5.74) is 14.6. The van der Waals surface area contributed by atoms with Crippen molar-refractivity contribution >= 4 is 12.3 Å². The first-order valence-electron chi connectivity index (χ1n) is 12.9. The molecule has 33 heavy (non-hydrogen) atoms. The lowest BCUT2D eigenvalue weighted by Gasteiger charge is -2.42. The number of benzene rings is 3. The van der Waals surface area contributed by atoms with Gasteiger partial charge in [0.2, 0.25) is 0 Å². The molecule has 0 bridgehead atoms. The zero-order chi connectivity index (χ0) is 23.1. The van der Waals surface area contributed by atoms with Gasteiger partial charge in [-0.15, -0.1) is 0 Å². The van der Waals surface area contributed by atoms with Gasteiger partial charge in [-0.2, -0.15) is 0 Å². The predicted molar refractivity (Wildman–Crippen MR) is 144 cm³/mol. The summed E-state index contributed by atoms with van der Waals surface area (Å²) in [6, 6.07) is 19.5. The number of nitrogens with zero attached hydrogens (tertiary/aromatic N) is 1. The van der Waals surface area contributed by atoms with E-state index in [-0.39, 0.29) is 0 Å².